The molecule has 0 saturated carbocycles. The van der Waals surface area contributed by atoms with Crippen LogP contribution >= 0.6 is 0 Å². The summed E-state index contributed by atoms with van der Waals surface area (Å²) in [6.07, 6.45) is 5.94. The number of hydrogen-bond donors (Lipinski definition) is 0. The van der Waals surface area contributed by atoms with Gasteiger partial charge in [0.25, 0.3) is 5.91 Å². The van der Waals surface area contributed by atoms with Crippen LogP contribution in [0.1, 0.15) is 35.2 Å². The minimum atomic E-state index is -0.353. The molecule has 1 aromatic heterocycles. The van der Waals surface area contributed by atoms with E-state index in [0.717, 1.165) is 24.8 Å². The Morgan fingerprint density at radius 3 is 2.74 bits per heavy atom. The zero-order valence-electron chi connectivity index (χ0n) is 13.5. The summed E-state index contributed by atoms with van der Waals surface area (Å²) in [6.45, 7) is 4.92. The Bertz CT molecular complexity index is 584. The van der Waals surface area contributed by atoms with Gasteiger partial charge in [-0.3, -0.25) is 14.6 Å². The Morgan fingerprint density at radius 2 is 2.00 bits per heavy atom. The van der Waals surface area contributed by atoms with E-state index < -0.39 is 0 Å². The predicted molar refractivity (Wildman–Crippen MR) is 85.0 cm³/mol. The molecule has 0 bridgehead atoms. The lowest BCUT2D eigenvalue weighted by Gasteiger charge is -2.38. The SMILES string of the molecule is Cc1ccncc1C(=O)N1CCCCC1C(=O)N1CCOCC1. The van der Waals surface area contributed by atoms with Gasteiger partial charge in [-0.2, -0.15) is 0 Å². The zero-order chi connectivity index (χ0) is 16.2. The van der Waals surface area contributed by atoms with Gasteiger partial charge in [-0.05, 0) is 37.8 Å². The van der Waals surface area contributed by atoms with E-state index in [4.69, 9.17) is 4.74 Å². The number of ether oxygens (including phenoxy) is 1. The van der Waals surface area contributed by atoms with Crippen LogP contribution in [0.5, 0.6) is 0 Å². The van der Waals surface area contributed by atoms with Crippen LogP contribution in [0.15, 0.2) is 18.5 Å². The standard InChI is InChI=1S/C17H23N3O3/c1-13-5-6-18-12-14(13)16(21)20-7-3-2-4-15(20)17(22)19-8-10-23-11-9-19/h5-6,12,15H,2-4,7-11H2,1H3. The summed E-state index contributed by atoms with van der Waals surface area (Å²) < 4.78 is 5.31. The number of pyridine rings is 1. The minimum absolute atomic E-state index is 0.0582. The molecular formula is C17H23N3O3. The van der Waals surface area contributed by atoms with Crippen molar-refractivity contribution in [3.8, 4) is 0 Å². The summed E-state index contributed by atoms with van der Waals surface area (Å²) in [5.74, 6) is -0.0233. The highest BCUT2D eigenvalue weighted by Crippen LogP contribution is 2.22. The van der Waals surface area contributed by atoms with Crippen molar-refractivity contribution in [3.05, 3.63) is 29.6 Å². The molecule has 2 aliphatic rings. The number of nitrogens with zero attached hydrogens (tertiary/aromatic N) is 3. The van der Waals surface area contributed by atoms with Gasteiger partial charge in [0, 0.05) is 32.0 Å². The van der Waals surface area contributed by atoms with E-state index in [1.54, 1.807) is 17.3 Å². The predicted octanol–water partition coefficient (Wildman–Crippen LogP) is 1.24. The molecule has 3 heterocycles. The monoisotopic (exact) mass is 317 g/mol. The summed E-state index contributed by atoms with van der Waals surface area (Å²) in [5, 5.41) is 0. The quantitative estimate of drug-likeness (QED) is 0.823. The molecule has 2 amide bonds. The van der Waals surface area contributed by atoms with Gasteiger partial charge < -0.3 is 14.5 Å². The number of carbonyl (C=O) groups excluding carboxylic acids is 2. The van der Waals surface area contributed by atoms with Crippen LogP contribution in [0.25, 0.3) is 0 Å². The second-order valence-electron chi connectivity index (χ2n) is 6.14. The van der Waals surface area contributed by atoms with Gasteiger partial charge in [-0.1, -0.05) is 0 Å². The summed E-state index contributed by atoms with van der Waals surface area (Å²) in [4.78, 5) is 33.4. The van der Waals surface area contributed by atoms with E-state index >= 15 is 0 Å². The maximum absolute atomic E-state index is 12.9. The first-order valence-electron chi connectivity index (χ1n) is 8.26. The van der Waals surface area contributed by atoms with Crippen molar-refractivity contribution in [2.24, 2.45) is 0 Å². The van der Waals surface area contributed by atoms with E-state index in [9.17, 15) is 9.59 Å². The highest BCUT2D eigenvalue weighted by atomic mass is 16.5. The molecule has 6 heteroatoms. The van der Waals surface area contributed by atoms with Crippen LogP contribution in [-0.4, -0.2) is 65.5 Å². The van der Waals surface area contributed by atoms with E-state index in [1.807, 2.05) is 17.9 Å². The average molecular weight is 317 g/mol. The molecule has 3 rings (SSSR count). The van der Waals surface area contributed by atoms with Gasteiger partial charge in [-0.15, -0.1) is 0 Å². The first-order chi connectivity index (χ1) is 11.2. The maximum atomic E-state index is 12.9. The fourth-order valence-corrected chi connectivity index (χ4v) is 3.27. The third-order valence-electron chi connectivity index (χ3n) is 4.64. The molecule has 2 fully saturated rings. The largest absolute Gasteiger partial charge is 0.378 e. The van der Waals surface area contributed by atoms with Crippen LogP contribution in [0.4, 0.5) is 0 Å². The molecule has 1 aromatic rings. The molecular weight excluding hydrogens is 294 g/mol. The molecule has 0 aliphatic carbocycles. The molecule has 1 unspecified atom stereocenters. The number of morpholine rings is 1. The van der Waals surface area contributed by atoms with E-state index in [0.29, 0.717) is 38.4 Å². The van der Waals surface area contributed by atoms with Gasteiger partial charge in [0.1, 0.15) is 6.04 Å². The van der Waals surface area contributed by atoms with Crippen LogP contribution < -0.4 is 0 Å². The lowest BCUT2D eigenvalue weighted by atomic mass is 9.99. The van der Waals surface area contributed by atoms with Crippen molar-refractivity contribution in [2.75, 3.05) is 32.8 Å². The molecule has 1 atom stereocenters. The lowest BCUT2D eigenvalue weighted by molar-refractivity contribution is -0.141. The van der Waals surface area contributed by atoms with Crippen LogP contribution in [-0.2, 0) is 9.53 Å². The number of likely N-dealkylation sites (tertiary alicyclic amines) is 1. The maximum Gasteiger partial charge on any atom is 0.256 e. The molecule has 124 valence electrons. The first kappa shape index (κ1) is 15.9. The number of amides is 2. The van der Waals surface area contributed by atoms with Gasteiger partial charge in [-0.25, -0.2) is 0 Å². The molecule has 0 radical (unpaired) electrons. The Morgan fingerprint density at radius 1 is 1.22 bits per heavy atom. The summed E-state index contributed by atoms with van der Waals surface area (Å²) >= 11 is 0. The smallest absolute Gasteiger partial charge is 0.256 e. The molecule has 0 aromatic carbocycles. The second kappa shape index (κ2) is 7.08. The number of hydrogen-bond acceptors (Lipinski definition) is 4. The Hall–Kier alpha value is -1.95. The summed E-state index contributed by atoms with van der Waals surface area (Å²) in [6, 6.07) is 1.48. The average Bonchev–Trinajstić information content (AvgIpc) is 2.62. The molecule has 2 saturated heterocycles. The highest BCUT2D eigenvalue weighted by molar-refractivity contribution is 5.98. The minimum Gasteiger partial charge on any atom is -0.378 e. The topological polar surface area (TPSA) is 62.7 Å². The third kappa shape index (κ3) is 3.37. The van der Waals surface area contributed by atoms with Crippen molar-refractivity contribution >= 4 is 11.8 Å². The number of rotatable bonds is 2. The van der Waals surface area contributed by atoms with Gasteiger partial charge >= 0.3 is 0 Å². The van der Waals surface area contributed by atoms with E-state index in [1.165, 1.54) is 0 Å². The van der Waals surface area contributed by atoms with E-state index in [2.05, 4.69) is 4.98 Å². The number of aromatic nitrogens is 1. The summed E-state index contributed by atoms with van der Waals surface area (Å²) in [5.41, 5.74) is 1.49. The van der Waals surface area contributed by atoms with Crippen molar-refractivity contribution in [1.82, 2.24) is 14.8 Å². The van der Waals surface area contributed by atoms with Crippen LogP contribution in [0.2, 0.25) is 0 Å². The Labute approximate surface area is 136 Å². The first-order valence-corrected chi connectivity index (χ1v) is 8.26. The van der Waals surface area contributed by atoms with Gasteiger partial charge in [0.05, 0.1) is 18.8 Å². The number of carbonyl (C=O) groups is 2. The fourth-order valence-electron chi connectivity index (χ4n) is 3.27. The molecule has 0 spiro atoms. The normalized spacial score (nSPS) is 22.0. The zero-order valence-corrected chi connectivity index (χ0v) is 13.5. The van der Waals surface area contributed by atoms with Crippen molar-refractivity contribution in [1.29, 1.82) is 0 Å². The highest BCUT2D eigenvalue weighted by Gasteiger charge is 2.35. The molecule has 0 N–H and O–H groups in total. The fraction of sp³-hybridized carbons (Fsp3) is 0.588. The van der Waals surface area contributed by atoms with E-state index in [-0.39, 0.29) is 17.9 Å². The summed E-state index contributed by atoms with van der Waals surface area (Å²) in [7, 11) is 0. The van der Waals surface area contributed by atoms with Crippen molar-refractivity contribution in [2.45, 2.75) is 32.2 Å². The van der Waals surface area contributed by atoms with Gasteiger partial charge in [0.2, 0.25) is 5.91 Å². The Balaban J connectivity index is 1.79. The van der Waals surface area contributed by atoms with Crippen LogP contribution in [0, 0.1) is 6.92 Å². The molecule has 23 heavy (non-hydrogen) atoms. The molecule has 6 nitrogen and oxygen atoms in total. The van der Waals surface area contributed by atoms with Crippen LogP contribution in [0.3, 0.4) is 0 Å². The number of aryl methyl sites for hydroxylation is 1. The third-order valence-corrected chi connectivity index (χ3v) is 4.64. The molecule has 2 aliphatic heterocycles. The Kier molecular flexibility index (Phi) is 4.91. The number of piperidine rings is 1. The lowest BCUT2D eigenvalue weighted by Crippen LogP contribution is -2.55. The second-order valence-corrected chi connectivity index (χ2v) is 6.14. The van der Waals surface area contributed by atoms with Crippen molar-refractivity contribution in [3.63, 3.8) is 0 Å². The van der Waals surface area contributed by atoms with Gasteiger partial charge in [0.15, 0.2) is 0 Å². The van der Waals surface area contributed by atoms with Crippen molar-refractivity contribution < 1.29 is 14.3 Å².